The van der Waals surface area contributed by atoms with Crippen LogP contribution in [0.3, 0.4) is 0 Å². The molecule has 0 bridgehead atoms. The number of rotatable bonds is 3. The summed E-state index contributed by atoms with van der Waals surface area (Å²) in [5.74, 6) is 0.138. The maximum atomic E-state index is 13.3. The molecule has 2 aliphatic heterocycles. The standard InChI is InChI=1S/C23H20F2N4O3/c24-23(25)31-19-2-1-14(11-20(19)32-23)13-28-8-4-15(5-9-28)29-10-6-18(30)17-12-27-22-16(21(17)29)3-7-26-22/h1-3,6-7,10-12,15H,4-5,8-9,13H2,(H,26,27). The molecule has 9 heteroatoms. The molecule has 1 fully saturated rings. The highest BCUT2D eigenvalue weighted by atomic mass is 19.3. The normalized spacial score (nSPS) is 18.6. The molecule has 32 heavy (non-hydrogen) atoms. The maximum absolute atomic E-state index is 13.3. The SMILES string of the molecule is O=c1ccn(C2CCN(Cc3ccc4c(c3)OC(F)(F)O4)CC2)c2c1cnc1[nH]ccc12. The summed E-state index contributed by atoms with van der Waals surface area (Å²) in [5, 5.41) is 1.57. The average Bonchev–Trinajstić information content (AvgIpc) is 3.37. The Kier molecular flexibility index (Phi) is 4.23. The van der Waals surface area contributed by atoms with Gasteiger partial charge in [0.2, 0.25) is 0 Å². The highest BCUT2D eigenvalue weighted by Crippen LogP contribution is 2.41. The van der Waals surface area contributed by atoms with Gasteiger partial charge < -0.3 is 19.0 Å². The van der Waals surface area contributed by atoms with Gasteiger partial charge in [-0.3, -0.25) is 9.69 Å². The molecule has 4 aromatic rings. The third kappa shape index (κ3) is 3.20. The van der Waals surface area contributed by atoms with Crippen LogP contribution in [-0.2, 0) is 6.54 Å². The van der Waals surface area contributed by atoms with Crippen molar-refractivity contribution in [3.63, 3.8) is 0 Å². The lowest BCUT2D eigenvalue weighted by Gasteiger charge is -2.34. The first-order valence-electron chi connectivity index (χ1n) is 10.5. The molecule has 0 amide bonds. The number of aromatic nitrogens is 3. The van der Waals surface area contributed by atoms with Crippen molar-refractivity contribution in [2.24, 2.45) is 0 Å². The smallest absolute Gasteiger partial charge is 0.395 e. The van der Waals surface area contributed by atoms with Gasteiger partial charge in [0.25, 0.3) is 0 Å². The number of benzene rings is 1. The second kappa shape index (κ2) is 7.03. The summed E-state index contributed by atoms with van der Waals surface area (Å²) < 4.78 is 37.8. The molecule has 1 N–H and O–H groups in total. The first-order valence-corrected chi connectivity index (χ1v) is 10.5. The average molecular weight is 438 g/mol. The van der Waals surface area contributed by atoms with Gasteiger partial charge in [-0.2, -0.15) is 0 Å². The Balaban J connectivity index is 1.21. The number of likely N-dealkylation sites (tertiary alicyclic amines) is 1. The van der Waals surface area contributed by atoms with Gasteiger partial charge >= 0.3 is 6.29 Å². The number of pyridine rings is 2. The Hall–Kier alpha value is -3.46. The molecule has 1 aromatic carbocycles. The molecular formula is C23H20F2N4O3. The number of ether oxygens (including phenoxy) is 2. The molecule has 2 aliphatic rings. The van der Waals surface area contributed by atoms with Gasteiger partial charge in [0, 0.05) is 55.7 Å². The van der Waals surface area contributed by atoms with Crippen molar-refractivity contribution in [1.29, 1.82) is 0 Å². The Labute approximate surface area is 181 Å². The van der Waals surface area contributed by atoms with E-state index in [2.05, 4.69) is 28.9 Å². The van der Waals surface area contributed by atoms with Gasteiger partial charge in [-0.05, 0) is 36.6 Å². The largest absolute Gasteiger partial charge is 0.586 e. The second-order valence-corrected chi connectivity index (χ2v) is 8.30. The first-order chi connectivity index (χ1) is 15.5. The summed E-state index contributed by atoms with van der Waals surface area (Å²) in [5.41, 5.74) is 2.55. The lowest BCUT2D eigenvalue weighted by molar-refractivity contribution is -0.286. The molecule has 0 aliphatic carbocycles. The Bertz CT molecular complexity index is 1390. The van der Waals surface area contributed by atoms with Gasteiger partial charge in [-0.1, -0.05) is 6.07 Å². The van der Waals surface area contributed by atoms with Gasteiger partial charge in [-0.15, -0.1) is 8.78 Å². The monoisotopic (exact) mass is 438 g/mol. The summed E-state index contributed by atoms with van der Waals surface area (Å²) in [6.07, 6.45) is 3.59. The van der Waals surface area contributed by atoms with Gasteiger partial charge in [0.15, 0.2) is 16.9 Å². The predicted molar refractivity (Wildman–Crippen MR) is 114 cm³/mol. The topological polar surface area (TPSA) is 72.4 Å². The quantitative estimate of drug-likeness (QED) is 0.523. The molecule has 0 unspecified atom stereocenters. The summed E-state index contributed by atoms with van der Waals surface area (Å²) in [7, 11) is 0. The van der Waals surface area contributed by atoms with Crippen LogP contribution in [0.2, 0.25) is 0 Å². The van der Waals surface area contributed by atoms with Crippen LogP contribution in [-0.4, -0.2) is 38.8 Å². The molecule has 5 heterocycles. The number of hydrogen-bond donors (Lipinski definition) is 1. The fraction of sp³-hybridized carbons (Fsp3) is 0.304. The summed E-state index contributed by atoms with van der Waals surface area (Å²) in [6, 6.07) is 8.76. The van der Waals surface area contributed by atoms with Crippen molar-refractivity contribution in [2.45, 2.75) is 31.7 Å². The maximum Gasteiger partial charge on any atom is 0.586 e. The van der Waals surface area contributed by atoms with E-state index in [1.54, 1.807) is 24.4 Å². The number of halogens is 2. The van der Waals surface area contributed by atoms with Crippen LogP contribution in [0, 0.1) is 0 Å². The van der Waals surface area contributed by atoms with Crippen molar-refractivity contribution < 1.29 is 18.3 Å². The Morgan fingerprint density at radius 3 is 2.75 bits per heavy atom. The molecule has 1 saturated heterocycles. The number of aromatic amines is 1. The van der Waals surface area contributed by atoms with E-state index in [0.717, 1.165) is 48.0 Å². The van der Waals surface area contributed by atoms with Crippen LogP contribution in [0.5, 0.6) is 11.5 Å². The number of H-pyrrole nitrogens is 1. The van der Waals surface area contributed by atoms with E-state index in [1.165, 1.54) is 6.07 Å². The minimum atomic E-state index is -3.60. The number of nitrogens with one attached hydrogen (secondary N) is 1. The first kappa shape index (κ1) is 19.2. The van der Waals surface area contributed by atoms with Crippen molar-refractivity contribution in [1.82, 2.24) is 19.4 Å². The lowest BCUT2D eigenvalue weighted by Crippen LogP contribution is -2.34. The Morgan fingerprint density at radius 2 is 1.91 bits per heavy atom. The highest BCUT2D eigenvalue weighted by molar-refractivity contribution is 6.02. The molecule has 0 saturated carbocycles. The third-order valence-corrected chi connectivity index (χ3v) is 6.29. The van der Waals surface area contributed by atoms with E-state index in [0.29, 0.717) is 11.9 Å². The number of hydrogen-bond acceptors (Lipinski definition) is 5. The number of fused-ring (bicyclic) bond motifs is 4. The zero-order chi connectivity index (χ0) is 21.9. The fourth-order valence-electron chi connectivity index (χ4n) is 4.77. The van der Waals surface area contributed by atoms with E-state index >= 15 is 0 Å². The molecule has 3 aromatic heterocycles. The fourth-order valence-corrected chi connectivity index (χ4v) is 4.77. The van der Waals surface area contributed by atoms with Gasteiger partial charge in [-0.25, -0.2) is 4.98 Å². The third-order valence-electron chi connectivity index (χ3n) is 6.29. The van der Waals surface area contributed by atoms with E-state index in [9.17, 15) is 13.6 Å². The number of piperidine rings is 1. The lowest BCUT2D eigenvalue weighted by atomic mass is 10.0. The van der Waals surface area contributed by atoms with E-state index in [4.69, 9.17) is 0 Å². The highest BCUT2D eigenvalue weighted by Gasteiger charge is 2.43. The van der Waals surface area contributed by atoms with Crippen LogP contribution in [0.25, 0.3) is 21.9 Å². The Morgan fingerprint density at radius 1 is 1.09 bits per heavy atom. The number of alkyl halides is 2. The zero-order valence-electron chi connectivity index (χ0n) is 17.1. The minimum Gasteiger partial charge on any atom is -0.395 e. The zero-order valence-corrected chi connectivity index (χ0v) is 17.1. The summed E-state index contributed by atoms with van der Waals surface area (Å²) in [6.45, 7) is 2.35. The van der Waals surface area contributed by atoms with Gasteiger partial charge in [0.05, 0.1) is 10.9 Å². The molecule has 6 rings (SSSR count). The molecule has 0 atom stereocenters. The van der Waals surface area contributed by atoms with E-state index < -0.39 is 6.29 Å². The molecule has 0 spiro atoms. The molecule has 7 nitrogen and oxygen atoms in total. The van der Waals surface area contributed by atoms with Crippen molar-refractivity contribution >= 4 is 21.9 Å². The molecule has 164 valence electrons. The van der Waals surface area contributed by atoms with Crippen LogP contribution < -0.4 is 14.9 Å². The second-order valence-electron chi connectivity index (χ2n) is 8.30. The number of nitrogens with zero attached hydrogens (tertiary/aromatic N) is 3. The summed E-state index contributed by atoms with van der Waals surface area (Å²) >= 11 is 0. The van der Waals surface area contributed by atoms with Crippen molar-refractivity contribution in [3.8, 4) is 11.5 Å². The predicted octanol–water partition coefficient (Wildman–Crippen LogP) is 4.04. The van der Waals surface area contributed by atoms with Crippen molar-refractivity contribution in [3.05, 3.63) is 64.7 Å². The van der Waals surface area contributed by atoms with E-state index in [1.807, 2.05) is 18.5 Å². The van der Waals surface area contributed by atoms with E-state index in [-0.39, 0.29) is 23.0 Å². The summed E-state index contributed by atoms with van der Waals surface area (Å²) in [4.78, 5) is 22.2. The van der Waals surface area contributed by atoms with Crippen LogP contribution in [0.15, 0.2) is 53.7 Å². The molecular weight excluding hydrogens is 418 g/mol. The van der Waals surface area contributed by atoms with Crippen LogP contribution >= 0.6 is 0 Å². The van der Waals surface area contributed by atoms with Crippen LogP contribution in [0.4, 0.5) is 8.78 Å². The van der Waals surface area contributed by atoms with Gasteiger partial charge in [0.1, 0.15) is 5.65 Å². The molecule has 0 radical (unpaired) electrons. The minimum absolute atomic E-state index is 0.0299. The van der Waals surface area contributed by atoms with Crippen LogP contribution in [0.1, 0.15) is 24.4 Å². The van der Waals surface area contributed by atoms with Crippen molar-refractivity contribution in [2.75, 3.05) is 13.1 Å².